The summed E-state index contributed by atoms with van der Waals surface area (Å²) < 4.78 is 12.2. The van der Waals surface area contributed by atoms with Crippen LogP contribution in [0.25, 0.3) is 0 Å². The van der Waals surface area contributed by atoms with Gasteiger partial charge >= 0.3 is 7.12 Å². The summed E-state index contributed by atoms with van der Waals surface area (Å²) in [5, 5.41) is 9.48. The zero-order valence-electron chi connectivity index (χ0n) is 12.2. The first-order valence-corrected chi connectivity index (χ1v) is 6.93. The van der Waals surface area contributed by atoms with Gasteiger partial charge in [0.15, 0.2) is 0 Å². The Morgan fingerprint density at radius 3 is 2.37 bits per heavy atom. The van der Waals surface area contributed by atoms with Crippen LogP contribution in [-0.4, -0.2) is 29.5 Å². The van der Waals surface area contributed by atoms with Crippen molar-refractivity contribution in [3.05, 3.63) is 30.3 Å². The van der Waals surface area contributed by atoms with Gasteiger partial charge in [-0.2, -0.15) is 0 Å². The highest BCUT2D eigenvalue weighted by Gasteiger charge is 2.54. The van der Waals surface area contributed by atoms with Crippen LogP contribution in [0.15, 0.2) is 30.3 Å². The molecule has 4 heteroatoms. The molecule has 19 heavy (non-hydrogen) atoms. The first kappa shape index (κ1) is 14.6. The van der Waals surface area contributed by atoms with E-state index in [2.05, 4.69) is 20.8 Å². The number of aliphatic hydroxyl groups is 1. The van der Waals surface area contributed by atoms with Gasteiger partial charge in [0.2, 0.25) is 0 Å². The van der Waals surface area contributed by atoms with Crippen molar-refractivity contribution in [3.63, 3.8) is 0 Å². The SMILES string of the molecule is CC(O)CCC1(C)OB(c2ccccc2)OC1(C)C. The summed E-state index contributed by atoms with van der Waals surface area (Å²) in [7, 11) is -0.324. The topological polar surface area (TPSA) is 38.7 Å². The third kappa shape index (κ3) is 3.02. The van der Waals surface area contributed by atoms with Gasteiger partial charge in [0, 0.05) is 0 Å². The summed E-state index contributed by atoms with van der Waals surface area (Å²) in [5.41, 5.74) is 0.281. The van der Waals surface area contributed by atoms with Crippen LogP contribution in [0.3, 0.4) is 0 Å². The predicted octanol–water partition coefficient (Wildman–Crippen LogP) is 2.13. The molecular formula is C15H23BO3. The minimum absolute atomic E-state index is 0.313. The van der Waals surface area contributed by atoms with E-state index >= 15 is 0 Å². The van der Waals surface area contributed by atoms with E-state index in [9.17, 15) is 5.11 Å². The summed E-state index contributed by atoms with van der Waals surface area (Å²) in [4.78, 5) is 0. The second-order valence-electron chi connectivity index (χ2n) is 6.11. The van der Waals surface area contributed by atoms with Gasteiger partial charge in [0.05, 0.1) is 17.3 Å². The summed E-state index contributed by atoms with van der Waals surface area (Å²) >= 11 is 0. The lowest BCUT2D eigenvalue weighted by Crippen LogP contribution is -2.45. The van der Waals surface area contributed by atoms with Crippen molar-refractivity contribution in [2.24, 2.45) is 0 Å². The molecule has 1 aliphatic rings. The Kier molecular flexibility index (Phi) is 4.04. The zero-order chi connectivity index (χ0) is 14.1. The maximum absolute atomic E-state index is 9.48. The summed E-state index contributed by atoms with van der Waals surface area (Å²) in [6.45, 7) is 7.98. The molecule has 104 valence electrons. The van der Waals surface area contributed by atoms with Crippen LogP contribution >= 0.6 is 0 Å². The highest BCUT2D eigenvalue weighted by atomic mass is 16.7. The fourth-order valence-electron chi connectivity index (χ4n) is 2.38. The van der Waals surface area contributed by atoms with Gasteiger partial charge in [0.1, 0.15) is 0 Å². The van der Waals surface area contributed by atoms with Crippen LogP contribution in [0, 0.1) is 0 Å². The van der Waals surface area contributed by atoms with Crippen molar-refractivity contribution in [1.29, 1.82) is 0 Å². The molecule has 0 bridgehead atoms. The van der Waals surface area contributed by atoms with Gasteiger partial charge in [-0.3, -0.25) is 0 Å². The van der Waals surface area contributed by atoms with Gasteiger partial charge in [-0.05, 0) is 46.0 Å². The van der Waals surface area contributed by atoms with Crippen LogP contribution < -0.4 is 5.46 Å². The maximum atomic E-state index is 9.48. The molecule has 2 rings (SSSR count). The fourth-order valence-corrected chi connectivity index (χ4v) is 2.38. The van der Waals surface area contributed by atoms with Gasteiger partial charge in [-0.15, -0.1) is 0 Å². The summed E-state index contributed by atoms with van der Waals surface area (Å²) in [6, 6.07) is 9.99. The summed E-state index contributed by atoms with van der Waals surface area (Å²) in [6.07, 6.45) is 1.18. The molecule has 0 aromatic heterocycles. The van der Waals surface area contributed by atoms with E-state index in [4.69, 9.17) is 9.31 Å². The van der Waals surface area contributed by atoms with E-state index in [1.54, 1.807) is 6.92 Å². The van der Waals surface area contributed by atoms with Crippen LogP contribution in [-0.2, 0) is 9.31 Å². The van der Waals surface area contributed by atoms with E-state index in [1.165, 1.54) is 0 Å². The zero-order valence-corrected chi connectivity index (χ0v) is 12.2. The fraction of sp³-hybridized carbons (Fsp3) is 0.600. The van der Waals surface area contributed by atoms with Gasteiger partial charge in [-0.1, -0.05) is 30.3 Å². The second kappa shape index (κ2) is 5.27. The Hall–Kier alpha value is -0.835. The van der Waals surface area contributed by atoms with Crippen molar-refractivity contribution < 1.29 is 14.4 Å². The van der Waals surface area contributed by atoms with Crippen molar-refractivity contribution in [2.45, 2.75) is 57.8 Å². The van der Waals surface area contributed by atoms with Gasteiger partial charge in [-0.25, -0.2) is 0 Å². The Morgan fingerprint density at radius 2 is 1.79 bits per heavy atom. The van der Waals surface area contributed by atoms with Crippen molar-refractivity contribution in [2.75, 3.05) is 0 Å². The molecule has 1 N–H and O–H groups in total. The van der Waals surface area contributed by atoms with Crippen LogP contribution in [0.2, 0.25) is 0 Å². The molecule has 1 aromatic rings. The Labute approximate surface area is 116 Å². The lowest BCUT2D eigenvalue weighted by molar-refractivity contribution is -0.0235. The molecular weight excluding hydrogens is 239 g/mol. The van der Waals surface area contributed by atoms with Crippen molar-refractivity contribution in [1.82, 2.24) is 0 Å². The molecule has 1 aromatic carbocycles. The van der Waals surface area contributed by atoms with E-state index in [1.807, 2.05) is 30.3 Å². The lowest BCUT2D eigenvalue weighted by atomic mass is 9.79. The quantitative estimate of drug-likeness (QED) is 0.845. The van der Waals surface area contributed by atoms with Crippen LogP contribution in [0.4, 0.5) is 0 Å². The maximum Gasteiger partial charge on any atom is 0.494 e. The third-order valence-electron chi connectivity index (χ3n) is 4.15. The molecule has 1 fully saturated rings. The third-order valence-corrected chi connectivity index (χ3v) is 4.15. The Balaban J connectivity index is 2.14. The molecule has 0 saturated carbocycles. The Bertz CT molecular complexity index is 419. The number of benzene rings is 1. The number of rotatable bonds is 4. The minimum Gasteiger partial charge on any atom is -0.399 e. The van der Waals surface area contributed by atoms with Gasteiger partial charge in [0.25, 0.3) is 0 Å². The molecule has 1 saturated heterocycles. The largest absolute Gasteiger partial charge is 0.494 e. The first-order valence-electron chi connectivity index (χ1n) is 6.93. The number of aliphatic hydroxyl groups excluding tert-OH is 1. The molecule has 2 unspecified atom stereocenters. The molecule has 0 radical (unpaired) electrons. The minimum atomic E-state index is -0.384. The highest BCUT2D eigenvalue weighted by Crippen LogP contribution is 2.40. The lowest BCUT2D eigenvalue weighted by Gasteiger charge is -2.36. The first-order chi connectivity index (χ1) is 8.84. The van der Waals surface area contributed by atoms with E-state index in [0.717, 1.165) is 11.9 Å². The molecule has 0 aliphatic carbocycles. The van der Waals surface area contributed by atoms with E-state index in [-0.39, 0.29) is 24.4 Å². The number of hydrogen-bond donors (Lipinski definition) is 1. The number of hydrogen-bond acceptors (Lipinski definition) is 3. The van der Waals surface area contributed by atoms with Crippen LogP contribution in [0.1, 0.15) is 40.5 Å². The molecule has 0 amide bonds. The van der Waals surface area contributed by atoms with Crippen molar-refractivity contribution in [3.8, 4) is 0 Å². The van der Waals surface area contributed by atoms with E-state index in [0.29, 0.717) is 6.42 Å². The monoisotopic (exact) mass is 262 g/mol. The molecule has 3 nitrogen and oxygen atoms in total. The average molecular weight is 262 g/mol. The summed E-state index contributed by atoms with van der Waals surface area (Å²) in [5.74, 6) is 0. The molecule has 2 atom stereocenters. The van der Waals surface area contributed by atoms with Crippen LogP contribution in [0.5, 0.6) is 0 Å². The molecule has 1 aliphatic heterocycles. The molecule has 1 heterocycles. The van der Waals surface area contributed by atoms with Gasteiger partial charge < -0.3 is 14.4 Å². The highest BCUT2D eigenvalue weighted by molar-refractivity contribution is 6.62. The smallest absolute Gasteiger partial charge is 0.399 e. The van der Waals surface area contributed by atoms with E-state index < -0.39 is 0 Å². The normalized spacial score (nSPS) is 27.5. The standard InChI is InChI=1S/C15H23BO3/c1-12(17)10-11-15(4)14(2,3)18-16(19-15)13-8-6-5-7-9-13/h5-9,12,17H,10-11H2,1-4H3. The average Bonchev–Trinajstić information content (AvgIpc) is 2.60. The Morgan fingerprint density at radius 1 is 1.16 bits per heavy atom. The second-order valence-corrected chi connectivity index (χ2v) is 6.11. The van der Waals surface area contributed by atoms with Crippen molar-refractivity contribution >= 4 is 12.6 Å². The molecule has 0 spiro atoms. The predicted molar refractivity (Wildman–Crippen MR) is 77.4 cm³/mol.